The molecule has 0 radical (unpaired) electrons. The van der Waals surface area contributed by atoms with Crippen LogP contribution in [0.2, 0.25) is 0 Å². The van der Waals surface area contributed by atoms with Gasteiger partial charge in [0.05, 0.1) is 35.3 Å². The molecule has 0 atom stereocenters. The Balaban J connectivity index is 1.57. The summed E-state index contributed by atoms with van der Waals surface area (Å²) in [5, 5.41) is 11.8. The van der Waals surface area contributed by atoms with Crippen molar-refractivity contribution in [2.75, 3.05) is 12.4 Å². The van der Waals surface area contributed by atoms with E-state index in [-0.39, 0.29) is 5.97 Å². The van der Waals surface area contributed by atoms with Crippen molar-refractivity contribution >= 4 is 40.4 Å². The number of para-hydroxylation sites is 1. The van der Waals surface area contributed by atoms with E-state index in [1.807, 2.05) is 54.7 Å². The number of methoxy groups -OCH3 is 1. The Morgan fingerprint density at radius 1 is 1.13 bits per heavy atom. The number of nitrogens with one attached hydrogen (secondary N) is 2. The molecule has 2 N–H and O–H groups in total. The molecule has 6 nitrogen and oxygen atoms in total. The monoisotopic (exact) mass is 398 g/mol. The number of carbonyl (C=O) groups excluding carboxylic acids is 1. The number of fused-ring (bicyclic) bond motifs is 1. The van der Waals surface area contributed by atoms with Gasteiger partial charge in [-0.3, -0.25) is 10.1 Å². The number of pyridine rings is 1. The fraction of sp³-hybridized carbons (Fsp3) is 0.125. The van der Waals surface area contributed by atoms with Crippen LogP contribution in [-0.2, 0) is 11.2 Å². The molecule has 0 aliphatic rings. The number of esters is 1. The molecule has 2 heterocycles. The molecule has 2 aromatic carbocycles. The van der Waals surface area contributed by atoms with Crippen LogP contribution in [0.3, 0.4) is 0 Å². The van der Waals surface area contributed by atoms with Gasteiger partial charge in [0.25, 0.3) is 0 Å². The molecule has 0 aliphatic carbocycles. The van der Waals surface area contributed by atoms with Gasteiger partial charge in [0.2, 0.25) is 0 Å². The molecule has 4 rings (SSSR count). The molecule has 2 aromatic heterocycles. The minimum atomic E-state index is -0.381. The van der Waals surface area contributed by atoms with E-state index in [2.05, 4.69) is 33.5 Å². The first kappa shape index (κ1) is 19.4. The zero-order valence-electron chi connectivity index (χ0n) is 16.8. The summed E-state index contributed by atoms with van der Waals surface area (Å²) in [6, 6.07) is 17.2. The lowest BCUT2D eigenvalue weighted by Gasteiger charge is -2.10. The van der Waals surface area contributed by atoms with Crippen LogP contribution in [0, 0.1) is 0 Å². The van der Waals surface area contributed by atoms with E-state index < -0.39 is 0 Å². The molecule has 0 saturated carbocycles. The van der Waals surface area contributed by atoms with Crippen molar-refractivity contribution in [2.45, 2.75) is 13.3 Å². The normalized spacial score (nSPS) is 11.1. The number of rotatable bonds is 6. The fourth-order valence-corrected chi connectivity index (χ4v) is 3.19. The third kappa shape index (κ3) is 4.07. The Hall–Kier alpha value is -3.93. The highest BCUT2D eigenvalue weighted by Gasteiger charge is 2.11. The molecule has 0 fully saturated rings. The molecule has 0 bridgehead atoms. The zero-order chi connectivity index (χ0) is 20.9. The van der Waals surface area contributed by atoms with Crippen LogP contribution >= 0.6 is 0 Å². The van der Waals surface area contributed by atoms with Crippen LogP contribution in [0.5, 0.6) is 0 Å². The van der Waals surface area contributed by atoms with Crippen LogP contribution < -0.4 is 5.32 Å². The number of aromatic amines is 1. The first-order valence-corrected chi connectivity index (χ1v) is 9.73. The van der Waals surface area contributed by atoms with E-state index in [0.29, 0.717) is 11.3 Å². The Labute approximate surface area is 174 Å². The van der Waals surface area contributed by atoms with Crippen molar-refractivity contribution in [1.29, 1.82) is 0 Å². The maximum atomic E-state index is 12.0. The smallest absolute Gasteiger partial charge is 0.339 e. The van der Waals surface area contributed by atoms with Gasteiger partial charge in [0, 0.05) is 17.3 Å². The number of aromatic nitrogens is 3. The zero-order valence-corrected chi connectivity index (χ0v) is 16.8. The fourth-order valence-electron chi connectivity index (χ4n) is 3.19. The van der Waals surface area contributed by atoms with Gasteiger partial charge >= 0.3 is 5.97 Å². The molecule has 6 heteroatoms. The maximum Gasteiger partial charge on any atom is 0.339 e. The Kier molecular flexibility index (Phi) is 5.57. The summed E-state index contributed by atoms with van der Waals surface area (Å²) in [5.74, 6) is -0.381. The third-order valence-corrected chi connectivity index (χ3v) is 4.87. The number of H-pyrrole nitrogens is 1. The van der Waals surface area contributed by atoms with Gasteiger partial charge in [-0.2, -0.15) is 5.10 Å². The van der Waals surface area contributed by atoms with Crippen molar-refractivity contribution < 1.29 is 9.53 Å². The summed E-state index contributed by atoms with van der Waals surface area (Å²) in [6.07, 6.45) is 6.77. The Bertz CT molecular complexity index is 1210. The number of benzene rings is 2. The number of hydrogen-bond acceptors (Lipinski definition) is 5. The molecule has 4 aromatic rings. The molecular formula is C24H22N4O2. The summed E-state index contributed by atoms with van der Waals surface area (Å²) in [4.78, 5) is 16.4. The summed E-state index contributed by atoms with van der Waals surface area (Å²) in [6.45, 7) is 2.11. The Morgan fingerprint density at radius 3 is 2.77 bits per heavy atom. The second kappa shape index (κ2) is 8.61. The van der Waals surface area contributed by atoms with E-state index >= 15 is 0 Å². The summed E-state index contributed by atoms with van der Waals surface area (Å²) >= 11 is 0. The minimum Gasteiger partial charge on any atom is -0.465 e. The van der Waals surface area contributed by atoms with Gasteiger partial charge in [-0.1, -0.05) is 25.1 Å². The van der Waals surface area contributed by atoms with Crippen LogP contribution in [0.4, 0.5) is 11.4 Å². The third-order valence-electron chi connectivity index (χ3n) is 4.87. The lowest BCUT2D eigenvalue weighted by molar-refractivity contribution is 0.0602. The lowest BCUT2D eigenvalue weighted by atomic mass is 10.1. The predicted octanol–water partition coefficient (Wildman–Crippen LogP) is 5.22. The van der Waals surface area contributed by atoms with Gasteiger partial charge < -0.3 is 10.1 Å². The van der Waals surface area contributed by atoms with Crippen molar-refractivity contribution in [3.63, 3.8) is 0 Å². The van der Waals surface area contributed by atoms with E-state index in [0.717, 1.165) is 34.4 Å². The van der Waals surface area contributed by atoms with Crippen molar-refractivity contribution in [3.8, 4) is 0 Å². The van der Waals surface area contributed by atoms with E-state index in [9.17, 15) is 4.79 Å². The highest BCUT2D eigenvalue weighted by atomic mass is 16.5. The number of nitrogens with zero attached hydrogens (tertiary/aromatic N) is 2. The van der Waals surface area contributed by atoms with Crippen LogP contribution in [-0.4, -0.2) is 28.3 Å². The van der Waals surface area contributed by atoms with Gasteiger partial charge in [-0.25, -0.2) is 4.79 Å². The molecule has 0 saturated heterocycles. The van der Waals surface area contributed by atoms with Crippen LogP contribution in [0.1, 0.15) is 34.2 Å². The quantitative estimate of drug-likeness (QED) is 0.435. The number of carbonyl (C=O) groups is 1. The first-order chi connectivity index (χ1) is 14.7. The van der Waals surface area contributed by atoms with Gasteiger partial charge in [-0.15, -0.1) is 0 Å². The van der Waals surface area contributed by atoms with Crippen molar-refractivity contribution in [3.05, 3.63) is 83.3 Å². The van der Waals surface area contributed by atoms with Crippen molar-refractivity contribution in [2.24, 2.45) is 0 Å². The minimum absolute atomic E-state index is 0.381. The number of aryl methyl sites for hydroxylation is 1. The lowest BCUT2D eigenvalue weighted by Crippen LogP contribution is -2.05. The highest BCUT2D eigenvalue weighted by Crippen LogP contribution is 2.26. The summed E-state index contributed by atoms with van der Waals surface area (Å²) in [5.41, 5.74) is 5.85. The first-order valence-electron chi connectivity index (χ1n) is 9.73. The average Bonchev–Trinajstić information content (AvgIpc) is 3.20. The second-order valence-electron chi connectivity index (χ2n) is 6.81. The standard InChI is InChI=1S/C24H22N4O2/c1-3-16-8-9-17(25-15-16)11-13-22-19-12-10-18(14-23(19)28-27-22)26-21-7-5-4-6-20(21)24(29)30-2/h4-15,26H,3H2,1-2H3,(H,27,28)/b13-11+. The largest absolute Gasteiger partial charge is 0.465 e. The molecule has 150 valence electrons. The van der Waals surface area contributed by atoms with Crippen LogP contribution in [0.15, 0.2) is 60.8 Å². The van der Waals surface area contributed by atoms with Crippen LogP contribution in [0.25, 0.3) is 23.1 Å². The topological polar surface area (TPSA) is 79.9 Å². The highest BCUT2D eigenvalue weighted by molar-refractivity contribution is 5.97. The maximum absolute atomic E-state index is 12.0. The number of hydrogen-bond donors (Lipinski definition) is 2. The average molecular weight is 398 g/mol. The molecule has 30 heavy (non-hydrogen) atoms. The second-order valence-corrected chi connectivity index (χ2v) is 6.81. The Morgan fingerprint density at radius 2 is 2.00 bits per heavy atom. The van der Waals surface area contributed by atoms with E-state index in [1.165, 1.54) is 12.7 Å². The molecule has 0 spiro atoms. The SMILES string of the molecule is CCc1ccc(/C=C/c2n[nH]c3cc(Nc4ccccc4C(=O)OC)ccc23)nc1. The molecule has 0 aliphatic heterocycles. The predicted molar refractivity (Wildman–Crippen MR) is 120 cm³/mol. The van der Waals surface area contributed by atoms with E-state index in [4.69, 9.17) is 4.74 Å². The number of ether oxygens (including phenoxy) is 1. The van der Waals surface area contributed by atoms with Gasteiger partial charge in [0.15, 0.2) is 0 Å². The number of anilines is 2. The summed E-state index contributed by atoms with van der Waals surface area (Å²) in [7, 11) is 1.37. The van der Waals surface area contributed by atoms with Gasteiger partial charge in [0.1, 0.15) is 0 Å². The summed E-state index contributed by atoms with van der Waals surface area (Å²) < 4.78 is 4.86. The van der Waals surface area contributed by atoms with E-state index in [1.54, 1.807) is 12.1 Å². The molecule has 0 unspecified atom stereocenters. The molecular weight excluding hydrogens is 376 g/mol. The molecule has 0 amide bonds. The van der Waals surface area contributed by atoms with Crippen molar-refractivity contribution in [1.82, 2.24) is 15.2 Å². The van der Waals surface area contributed by atoms with Gasteiger partial charge in [-0.05, 0) is 60.5 Å².